The quantitative estimate of drug-likeness (QED) is 0.359. The van der Waals surface area contributed by atoms with Gasteiger partial charge in [0, 0.05) is 5.57 Å². The second-order valence-electron chi connectivity index (χ2n) is 8.42. The van der Waals surface area contributed by atoms with Gasteiger partial charge >= 0.3 is 18.3 Å². The summed E-state index contributed by atoms with van der Waals surface area (Å²) in [5.41, 5.74) is -9.25. The molecule has 0 aromatic carbocycles. The molecule has 0 unspecified atom stereocenters. The maximum Gasteiger partial charge on any atom is 0.429 e. The number of aliphatic hydroxyl groups is 1. The summed E-state index contributed by atoms with van der Waals surface area (Å²) >= 11 is 0. The van der Waals surface area contributed by atoms with Crippen molar-refractivity contribution in [2.75, 3.05) is 0 Å². The molecule has 170 valence electrons. The van der Waals surface area contributed by atoms with E-state index in [2.05, 4.69) is 6.58 Å². The molecule has 1 fully saturated rings. The Morgan fingerprint density at radius 2 is 1.48 bits per heavy atom. The highest BCUT2D eigenvalue weighted by atomic mass is 19.4. The monoisotopic (exact) mass is 434 g/mol. The highest BCUT2D eigenvalue weighted by Crippen LogP contribution is 2.53. The van der Waals surface area contributed by atoms with Gasteiger partial charge < -0.3 is 14.6 Å². The molecule has 10 heteroatoms. The van der Waals surface area contributed by atoms with Crippen LogP contribution in [0, 0.1) is 5.92 Å². The van der Waals surface area contributed by atoms with Crippen molar-refractivity contribution < 1.29 is 45.7 Å². The van der Waals surface area contributed by atoms with Crippen LogP contribution in [0.1, 0.15) is 60.3 Å². The summed E-state index contributed by atoms with van der Waals surface area (Å²) in [4.78, 5) is 11.7. The van der Waals surface area contributed by atoms with Crippen molar-refractivity contribution >= 4 is 5.97 Å². The number of halogens is 6. The molecule has 29 heavy (non-hydrogen) atoms. The third-order valence-corrected chi connectivity index (χ3v) is 5.60. The van der Waals surface area contributed by atoms with Gasteiger partial charge in [0.2, 0.25) is 0 Å². The molecular formula is C19H28F6O4. The van der Waals surface area contributed by atoms with Crippen molar-refractivity contribution in [2.45, 2.75) is 95.6 Å². The predicted octanol–water partition coefficient (Wildman–Crippen LogP) is 5.09. The zero-order chi connectivity index (χ0) is 23.1. The molecule has 0 atom stereocenters. The minimum absolute atomic E-state index is 0.0635. The summed E-state index contributed by atoms with van der Waals surface area (Å²) < 4.78 is 90.8. The summed E-state index contributed by atoms with van der Waals surface area (Å²) in [6.07, 6.45) is -12.0. The smallest absolute Gasteiger partial charge is 0.429 e. The van der Waals surface area contributed by atoms with Crippen LogP contribution in [0.25, 0.3) is 0 Å². The number of hydrogen-bond acceptors (Lipinski definition) is 4. The van der Waals surface area contributed by atoms with E-state index in [0.717, 1.165) is 0 Å². The van der Waals surface area contributed by atoms with Gasteiger partial charge in [-0.05, 0) is 52.4 Å². The molecule has 0 heterocycles. The molecule has 0 amide bonds. The molecule has 0 aliphatic heterocycles. The van der Waals surface area contributed by atoms with Crippen LogP contribution in [0.2, 0.25) is 0 Å². The fourth-order valence-corrected chi connectivity index (χ4v) is 3.67. The van der Waals surface area contributed by atoms with Gasteiger partial charge in [0.05, 0.1) is 5.60 Å². The van der Waals surface area contributed by atoms with E-state index in [0.29, 0.717) is 13.8 Å². The zero-order valence-corrected chi connectivity index (χ0v) is 17.1. The van der Waals surface area contributed by atoms with Crippen molar-refractivity contribution in [3.63, 3.8) is 0 Å². The van der Waals surface area contributed by atoms with Gasteiger partial charge in [0.15, 0.2) is 0 Å². The molecule has 1 rings (SSSR count). The fraction of sp³-hybridized carbons (Fsp3) is 0.842. The van der Waals surface area contributed by atoms with E-state index < -0.39 is 47.1 Å². The van der Waals surface area contributed by atoms with E-state index in [1.165, 1.54) is 6.92 Å². The third-order valence-electron chi connectivity index (χ3n) is 5.60. The Balaban J connectivity index is 3.16. The van der Waals surface area contributed by atoms with E-state index in [4.69, 9.17) is 9.47 Å². The van der Waals surface area contributed by atoms with Gasteiger partial charge in [-0.15, -0.1) is 0 Å². The SMILES string of the molecule is C=C(C)C(=O)OC1CCC(OC(C)(C)C(O)(C(F)(F)F)C(F)(F)F)(C(C)C)CC1. The van der Waals surface area contributed by atoms with Crippen molar-refractivity contribution in [1.29, 1.82) is 0 Å². The molecule has 0 radical (unpaired) electrons. The highest BCUT2D eigenvalue weighted by molar-refractivity contribution is 5.87. The molecule has 0 aromatic rings. The molecule has 1 saturated carbocycles. The summed E-state index contributed by atoms with van der Waals surface area (Å²) in [7, 11) is 0. The Kier molecular flexibility index (Phi) is 7.18. The van der Waals surface area contributed by atoms with E-state index >= 15 is 0 Å². The van der Waals surface area contributed by atoms with Gasteiger partial charge in [0.1, 0.15) is 11.7 Å². The Bertz CT molecular complexity index is 599. The fourth-order valence-electron chi connectivity index (χ4n) is 3.67. The highest BCUT2D eigenvalue weighted by Gasteiger charge is 2.78. The lowest BCUT2D eigenvalue weighted by Gasteiger charge is -2.52. The van der Waals surface area contributed by atoms with Crippen LogP contribution < -0.4 is 0 Å². The van der Waals surface area contributed by atoms with Crippen molar-refractivity contribution in [3.05, 3.63) is 12.2 Å². The molecule has 1 aliphatic carbocycles. The molecule has 1 N–H and O–H groups in total. The van der Waals surface area contributed by atoms with Crippen molar-refractivity contribution in [2.24, 2.45) is 5.92 Å². The average Bonchev–Trinajstić information content (AvgIpc) is 2.53. The Labute approximate surface area is 166 Å². The summed E-state index contributed by atoms with van der Waals surface area (Å²) in [5, 5.41) is 9.82. The first kappa shape index (κ1) is 25.7. The van der Waals surface area contributed by atoms with Gasteiger partial charge in [-0.3, -0.25) is 0 Å². The first-order valence-corrected chi connectivity index (χ1v) is 9.23. The maximum absolute atomic E-state index is 13.3. The number of esters is 1. The molecular weight excluding hydrogens is 406 g/mol. The van der Waals surface area contributed by atoms with Crippen LogP contribution >= 0.6 is 0 Å². The van der Waals surface area contributed by atoms with Crippen molar-refractivity contribution in [1.82, 2.24) is 0 Å². The Morgan fingerprint density at radius 3 is 1.79 bits per heavy atom. The van der Waals surface area contributed by atoms with Crippen LogP contribution in [0.5, 0.6) is 0 Å². The maximum atomic E-state index is 13.3. The van der Waals surface area contributed by atoms with Gasteiger partial charge in [-0.1, -0.05) is 20.4 Å². The minimum atomic E-state index is -6.00. The lowest BCUT2D eigenvalue weighted by Crippen LogP contribution is -2.71. The molecule has 0 aromatic heterocycles. The van der Waals surface area contributed by atoms with Crippen molar-refractivity contribution in [3.8, 4) is 0 Å². The summed E-state index contributed by atoms with van der Waals surface area (Å²) in [6.45, 7) is 9.34. The number of alkyl halides is 6. The van der Waals surface area contributed by atoms with Crippen LogP contribution in [-0.4, -0.2) is 46.3 Å². The predicted molar refractivity (Wildman–Crippen MR) is 93.0 cm³/mol. The van der Waals surface area contributed by atoms with E-state index in [9.17, 15) is 36.2 Å². The molecule has 0 bridgehead atoms. The topological polar surface area (TPSA) is 55.8 Å². The average molecular weight is 434 g/mol. The van der Waals surface area contributed by atoms with Crippen LogP contribution in [0.15, 0.2) is 12.2 Å². The second kappa shape index (κ2) is 8.09. The van der Waals surface area contributed by atoms with Crippen LogP contribution in [-0.2, 0) is 14.3 Å². The van der Waals surface area contributed by atoms with E-state index in [-0.39, 0.29) is 31.3 Å². The molecule has 1 aliphatic rings. The van der Waals surface area contributed by atoms with E-state index in [1.807, 2.05) is 0 Å². The van der Waals surface area contributed by atoms with Gasteiger partial charge in [-0.25, -0.2) is 4.79 Å². The largest absolute Gasteiger partial charge is 0.459 e. The normalized spacial score (nSPS) is 24.5. The lowest BCUT2D eigenvalue weighted by molar-refractivity contribution is -0.423. The molecule has 0 spiro atoms. The Morgan fingerprint density at radius 1 is 1.07 bits per heavy atom. The summed E-state index contributed by atoms with van der Waals surface area (Å²) in [5.74, 6) is -1.07. The first-order valence-electron chi connectivity index (χ1n) is 9.23. The van der Waals surface area contributed by atoms with Gasteiger partial charge in [0.25, 0.3) is 5.60 Å². The van der Waals surface area contributed by atoms with Gasteiger partial charge in [-0.2, -0.15) is 26.3 Å². The number of rotatable bonds is 6. The number of ether oxygens (including phenoxy) is 2. The number of carbonyl (C=O) groups is 1. The third kappa shape index (κ3) is 4.90. The lowest BCUT2D eigenvalue weighted by atomic mass is 9.74. The molecule has 4 nitrogen and oxygen atoms in total. The van der Waals surface area contributed by atoms with Crippen LogP contribution in [0.4, 0.5) is 26.3 Å². The second-order valence-corrected chi connectivity index (χ2v) is 8.42. The first-order chi connectivity index (χ1) is 12.8. The molecule has 0 saturated heterocycles. The number of carbonyl (C=O) groups excluding carboxylic acids is 1. The Hall–Kier alpha value is -1.29. The number of hydrogen-bond donors (Lipinski definition) is 1. The summed E-state index contributed by atoms with van der Waals surface area (Å²) in [6, 6.07) is 0. The van der Waals surface area contributed by atoms with E-state index in [1.54, 1.807) is 13.8 Å². The standard InChI is InChI=1S/C19H28F6O4/c1-11(2)14(26)28-13-7-9-16(10-8-13,12(3)4)29-15(5,6)17(27,18(20,21)22)19(23,24)25/h12-13,27H,1,7-10H2,2-6H3. The van der Waals surface area contributed by atoms with Crippen LogP contribution in [0.3, 0.4) is 0 Å². The minimum Gasteiger partial charge on any atom is -0.459 e. The zero-order valence-electron chi connectivity index (χ0n) is 17.1.